The summed E-state index contributed by atoms with van der Waals surface area (Å²) in [6, 6.07) is 6.19. The molecule has 1 aromatic rings. The largest absolute Gasteiger partial charge is 0.486 e. The highest BCUT2D eigenvalue weighted by Gasteiger charge is 2.28. The fourth-order valence-electron chi connectivity index (χ4n) is 1.42. The summed E-state index contributed by atoms with van der Waals surface area (Å²) in [7, 11) is 0. The zero-order valence-corrected chi connectivity index (χ0v) is 9.84. The first-order valence-electron chi connectivity index (χ1n) is 5.43. The van der Waals surface area contributed by atoms with E-state index in [0.717, 1.165) is 5.56 Å². The molecule has 1 unspecified atom stereocenters. The van der Waals surface area contributed by atoms with Crippen LogP contribution in [0, 0.1) is 6.92 Å². The molecule has 0 spiro atoms. The Balaban J connectivity index is 1.98. The molecule has 6 heteroatoms. The Morgan fingerprint density at radius 2 is 2.00 bits per heavy atom. The first-order chi connectivity index (χ1) is 8.56. The summed E-state index contributed by atoms with van der Waals surface area (Å²) < 4.78 is 5.39. The molecule has 0 bridgehead atoms. The van der Waals surface area contributed by atoms with Gasteiger partial charge in [0.2, 0.25) is 0 Å². The molecule has 94 valence electrons. The van der Waals surface area contributed by atoms with E-state index in [1.54, 1.807) is 12.1 Å². The van der Waals surface area contributed by atoms with Gasteiger partial charge in [-0.25, -0.2) is 0 Å². The van der Waals surface area contributed by atoms with Crippen LogP contribution in [0.2, 0.25) is 0 Å². The Hall–Kier alpha value is -2.21. The van der Waals surface area contributed by atoms with Crippen molar-refractivity contribution in [3.8, 4) is 5.75 Å². The number of hydrogen-bond acceptors (Lipinski definition) is 4. The Morgan fingerprint density at radius 3 is 2.61 bits per heavy atom. The normalized spacial score (nSPS) is 19.2. The summed E-state index contributed by atoms with van der Waals surface area (Å²) in [6.07, 6.45) is 0. The van der Waals surface area contributed by atoms with Gasteiger partial charge in [0.25, 0.3) is 11.8 Å². The van der Waals surface area contributed by atoms with Crippen LogP contribution < -0.4 is 15.8 Å². The van der Waals surface area contributed by atoms with Crippen molar-refractivity contribution in [3.05, 3.63) is 29.8 Å². The van der Waals surface area contributed by atoms with Crippen molar-refractivity contribution in [2.24, 2.45) is 10.7 Å². The van der Waals surface area contributed by atoms with Crippen LogP contribution in [0.25, 0.3) is 0 Å². The van der Waals surface area contributed by atoms with Crippen LogP contribution in [-0.2, 0) is 9.59 Å². The molecule has 0 saturated heterocycles. The summed E-state index contributed by atoms with van der Waals surface area (Å²) in [5.74, 6) is -0.397. The molecule has 1 heterocycles. The maximum absolute atomic E-state index is 11.3. The molecule has 0 saturated carbocycles. The van der Waals surface area contributed by atoms with Crippen molar-refractivity contribution in [2.45, 2.75) is 13.0 Å². The number of aryl methyl sites for hydroxylation is 1. The van der Waals surface area contributed by atoms with Gasteiger partial charge in [0.15, 0.2) is 11.9 Å². The molecule has 0 aromatic heterocycles. The zero-order valence-electron chi connectivity index (χ0n) is 9.84. The molecule has 2 amide bonds. The van der Waals surface area contributed by atoms with E-state index in [1.807, 2.05) is 19.1 Å². The molecule has 0 fully saturated rings. The lowest BCUT2D eigenvalue weighted by molar-refractivity contribution is -0.129. The van der Waals surface area contributed by atoms with Gasteiger partial charge in [-0.3, -0.25) is 9.59 Å². The molecule has 6 nitrogen and oxygen atoms in total. The van der Waals surface area contributed by atoms with Gasteiger partial charge in [0.05, 0.1) is 0 Å². The molecule has 1 aliphatic heterocycles. The van der Waals surface area contributed by atoms with E-state index in [4.69, 9.17) is 10.5 Å². The molecule has 1 atom stereocenters. The summed E-state index contributed by atoms with van der Waals surface area (Å²) >= 11 is 0. The quantitative estimate of drug-likeness (QED) is 0.720. The Bertz CT molecular complexity index is 508. The number of nitrogens with one attached hydrogen (secondary N) is 1. The number of carbonyl (C=O) groups excluding carboxylic acids is 2. The second-order valence-corrected chi connectivity index (χ2v) is 3.97. The fourth-order valence-corrected chi connectivity index (χ4v) is 1.42. The van der Waals surface area contributed by atoms with Crippen LogP contribution in [0.1, 0.15) is 5.56 Å². The van der Waals surface area contributed by atoms with E-state index in [-0.39, 0.29) is 12.4 Å². The van der Waals surface area contributed by atoms with Crippen molar-refractivity contribution < 1.29 is 14.3 Å². The number of amides is 2. The second-order valence-electron chi connectivity index (χ2n) is 3.97. The number of aliphatic imine (C=N–C) groups is 1. The van der Waals surface area contributed by atoms with Crippen LogP contribution in [0.15, 0.2) is 29.3 Å². The molecule has 2 rings (SSSR count). The standard InChI is InChI=1S/C12H13N3O3/c1-7-2-4-8(5-3-7)18-6-9-14-11(16)10(13)12(17)15-9/h2-5,10H,6,13H2,1H3,(H,14,15,16,17). The van der Waals surface area contributed by atoms with E-state index in [2.05, 4.69) is 10.3 Å². The highest BCUT2D eigenvalue weighted by molar-refractivity contribution is 6.18. The van der Waals surface area contributed by atoms with E-state index in [1.165, 1.54) is 0 Å². The third-order valence-corrected chi connectivity index (χ3v) is 2.46. The molecule has 0 radical (unpaired) electrons. The van der Waals surface area contributed by atoms with Crippen molar-refractivity contribution in [1.29, 1.82) is 0 Å². The first-order valence-corrected chi connectivity index (χ1v) is 5.43. The highest BCUT2D eigenvalue weighted by atomic mass is 16.5. The lowest BCUT2D eigenvalue weighted by Crippen LogP contribution is -2.53. The summed E-state index contributed by atoms with van der Waals surface area (Å²) in [5.41, 5.74) is 6.42. The minimum Gasteiger partial charge on any atom is -0.486 e. The van der Waals surface area contributed by atoms with E-state index < -0.39 is 17.9 Å². The number of hydrogen-bond donors (Lipinski definition) is 2. The Labute approximate surface area is 104 Å². The Kier molecular flexibility index (Phi) is 3.38. The van der Waals surface area contributed by atoms with Gasteiger partial charge in [0, 0.05) is 0 Å². The SMILES string of the molecule is Cc1ccc(OCC2=NC(=O)C(N)C(=O)N2)cc1. The molecule has 18 heavy (non-hydrogen) atoms. The number of benzene rings is 1. The highest BCUT2D eigenvalue weighted by Crippen LogP contribution is 2.11. The molecule has 3 N–H and O–H groups in total. The van der Waals surface area contributed by atoms with Crippen molar-refractivity contribution >= 4 is 17.6 Å². The van der Waals surface area contributed by atoms with Crippen molar-refractivity contribution in [2.75, 3.05) is 6.61 Å². The number of carbonyl (C=O) groups is 2. The number of amidine groups is 1. The van der Waals surface area contributed by atoms with Crippen LogP contribution >= 0.6 is 0 Å². The van der Waals surface area contributed by atoms with Crippen LogP contribution in [0.4, 0.5) is 0 Å². The molecule has 1 aliphatic rings. The second kappa shape index (κ2) is 4.97. The third-order valence-electron chi connectivity index (χ3n) is 2.46. The predicted octanol–water partition coefficient (Wildman–Crippen LogP) is -0.244. The smallest absolute Gasteiger partial charge is 0.274 e. The average Bonchev–Trinajstić information content (AvgIpc) is 2.35. The van der Waals surface area contributed by atoms with Gasteiger partial charge in [-0.2, -0.15) is 4.99 Å². The number of nitrogens with two attached hydrogens (primary N) is 1. The zero-order chi connectivity index (χ0) is 13.1. The number of ether oxygens (including phenoxy) is 1. The third kappa shape index (κ3) is 2.72. The summed E-state index contributed by atoms with van der Waals surface area (Å²) in [5, 5.41) is 2.42. The van der Waals surface area contributed by atoms with Crippen LogP contribution in [0.3, 0.4) is 0 Å². The maximum atomic E-state index is 11.3. The lowest BCUT2D eigenvalue weighted by Gasteiger charge is -2.17. The lowest BCUT2D eigenvalue weighted by atomic mass is 10.2. The maximum Gasteiger partial charge on any atom is 0.274 e. The molecule has 0 aliphatic carbocycles. The minimum atomic E-state index is -1.21. The first kappa shape index (κ1) is 12.3. The van der Waals surface area contributed by atoms with Crippen molar-refractivity contribution in [3.63, 3.8) is 0 Å². The van der Waals surface area contributed by atoms with Gasteiger partial charge in [-0.05, 0) is 19.1 Å². The summed E-state index contributed by atoms with van der Waals surface area (Å²) in [6.45, 7) is 1.99. The van der Waals surface area contributed by atoms with E-state index >= 15 is 0 Å². The Morgan fingerprint density at radius 1 is 1.33 bits per heavy atom. The average molecular weight is 247 g/mol. The molecule has 1 aromatic carbocycles. The minimum absolute atomic E-state index is 0.0211. The topological polar surface area (TPSA) is 93.8 Å². The van der Waals surface area contributed by atoms with E-state index in [9.17, 15) is 9.59 Å². The number of nitrogens with zero attached hydrogens (tertiary/aromatic N) is 1. The van der Waals surface area contributed by atoms with Crippen LogP contribution in [-0.4, -0.2) is 30.3 Å². The summed E-state index contributed by atoms with van der Waals surface area (Å²) in [4.78, 5) is 26.2. The van der Waals surface area contributed by atoms with Gasteiger partial charge < -0.3 is 15.8 Å². The predicted molar refractivity (Wildman–Crippen MR) is 65.2 cm³/mol. The molecular weight excluding hydrogens is 234 g/mol. The van der Waals surface area contributed by atoms with Gasteiger partial charge in [0.1, 0.15) is 12.4 Å². The van der Waals surface area contributed by atoms with Gasteiger partial charge >= 0.3 is 0 Å². The van der Waals surface area contributed by atoms with Crippen LogP contribution in [0.5, 0.6) is 5.75 Å². The van der Waals surface area contributed by atoms with Gasteiger partial charge in [-0.15, -0.1) is 0 Å². The number of rotatable bonds is 3. The van der Waals surface area contributed by atoms with Gasteiger partial charge in [-0.1, -0.05) is 17.7 Å². The van der Waals surface area contributed by atoms with Crippen molar-refractivity contribution in [1.82, 2.24) is 5.32 Å². The molecular formula is C12H13N3O3. The fraction of sp³-hybridized carbons (Fsp3) is 0.250. The monoisotopic (exact) mass is 247 g/mol. The van der Waals surface area contributed by atoms with E-state index in [0.29, 0.717) is 5.75 Å².